The maximum Gasteiger partial charge on any atom is 0.116 e. The van der Waals surface area contributed by atoms with Gasteiger partial charge in [-0.25, -0.2) is 0 Å². The molecular formula is C18H22O. The molecule has 100 valence electrons. The van der Waals surface area contributed by atoms with Crippen molar-refractivity contribution >= 4 is 6.29 Å². The van der Waals surface area contributed by atoms with Crippen molar-refractivity contribution in [3.8, 4) is 11.1 Å². The summed E-state index contributed by atoms with van der Waals surface area (Å²) in [5, 5.41) is 0. The quantitative estimate of drug-likeness (QED) is 0.664. The lowest BCUT2D eigenvalue weighted by Gasteiger charge is -2.19. The smallest absolute Gasteiger partial charge is 0.116 e. The van der Waals surface area contributed by atoms with E-state index in [1.807, 2.05) is 6.07 Å². The predicted molar refractivity (Wildman–Crippen MR) is 82.3 cm³/mol. The van der Waals surface area contributed by atoms with Gasteiger partial charge >= 0.3 is 0 Å². The van der Waals surface area contributed by atoms with Gasteiger partial charge in [-0.2, -0.15) is 0 Å². The van der Waals surface area contributed by atoms with Crippen molar-refractivity contribution < 1.29 is 4.79 Å². The summed E-state index contributed by atoms with van der Waals surface area (Å²) in [6.07, 6.45) is 0.750. The van der Waals surface area contributed by atoms with Crippen LogP contribution in [-0.4, -0.2) is 6.29 Å². The second-order valence-electron chi connectivity index (χ2n) is 5.43. The van der Waals surface area contributed by atoms with Gasteiger partial charge in [0.05, 0.1) is 0 Å². The number of carbonyl (C=O) groups is 1. The van der Waals surface area contributed by atoms with Gasteiger partial charge in [0.15, 0.2) is 0 Å². The fraction of sp³-hybridized carbons (Fsp3) is 0.278. The molecule has 0 unspecified atom stereocenters. The molecule has 0 bridgehead atoms. The number of hydrogen-bond donors (Lipinski definition) is 0. The first-order chi connectivity index (χ1) is 8.99. The minimum absolute atomic E-state index is 0.231. The monoisotopic (exact) mass is 254 g/mol. The van der Waals surface area contributed by atoms with Crippen LogP contribution in [0.4, 0.5) is 0 Å². The molecular weight excluding hydrogens is 232 g/mol. The van der Waals surface area contributed by atoms with E-state index < -0.39 is 0 Å². The number of aldehydes is 1. The molecule has 0 atom stereocenters. The zero-order chi connectivity index (χ0) is 14.3. The van der Waals surface area contributed by atoms with Gasteiger partial charge in [-0.05, 0) is 29.0 Å². The van der Waals surface area contributed by atoms with Crippen molar-refractivity contribution in [3.63, 3.8) is 0 Å². The second kappa shape index (κ2) is 6.89. The second-order valence-corrected chi connectivity index (χ2v) is 5.43. The standard InChI is InChI=1S/C16H18.C2H4O/c1-16(2,3)15-11-9-14(10-12-15)13-7-5-4-6-8-13;1-2-3/h4-12H,1-3H3;2H,1H3. The number of carbonyl (C=O) groups excluding carboxylic acids is 1. The molecule has 0 aliphatic heterocycles. The van der Waals surface area contributed by atoms with Gasteiger partial charge in [-0.1, -0.05) is 75.4 Å². The summed E-state index contributed by atoms with van der Waals surface area (Å²) in [6.45, 7) is 8.17. The van der Waals surface area contributed by atoms with Gasteiger partial charge in [-0.15, -0.1) is 0 Å². The van der Waals surface area contributed by atoms with Crippen LogP contribution in [0.3, 0.4) is 0 Å². The van der Waals surface area contributed by atoms with Gasteiger partial charge in [0.1, 0.15) is 6.29 Å². The topological polar surface area (TPSA) is 17.1 Å². The zero-order valence-corrected chi connectivity index (χ0v) is 12.2. The highest BCUT2D eigenvalue weighted by molar-refractivity contribution is 5.63. The molecule has 0 radical (unpaired) electrons. The van der Waals surface area contributed by atoms with E-state index in [-0.39, 0.29) is 5.41 Å². The maximum atomic E-state index is 8.81. The summed E-state index contributed by atoms with van der Waals surface area (Å²) in [7, 11) is 0. The first kappa shape index (κ1) is 15.2. The summed E-state index contributed by atoms with van der Waals surface area (Å²) in [6, 6.07) is 19.3. The lowest BCUT2D eigenvalue weighted by Crippen LogP contribution is -2.10. The molecule has 0 fully saturated rings. The Kier molecular flexibility index (Phi) is 5.50. The molecule has 0 saturated carbocycles. The Balaban J connectivity index is 0.000000550. The summed E-state index contributed by atoms with van der Waals surface area (Å²) in [5.41, 5.74) is 4.18. The first-order valence-corrected chi connectivity index (χ1v) is 6.55. The van der Waals surface area contributed by atoms with Gasteiger partial charge in [0, 0.05) is 0 Å². The lowest BCUT2D eigenvalue weighted by molar-refractivity contribution is -0.106. The average molecular weight is 254 g/mol. The number of benzene rings is 2. The summed E-state index contributed by atoms with van der Waals surface area (Å²) < 4.78 is 0. The first-order valence-electron chi connectivity index (χ1n) is 6.55. The van der Waals surface area contributed by atoms with E-state index in [0.717, 1.165) is 6.29 Å². The van der Waals surface area contributed by atoms with Crippen molar-refractivity contribution in [2.24, 2.45) is 0 Å². The molecule has 0 aliphatic carbocycles. The highest BCUT2D eigenvalue weighted by atomic mass is 16.1. The van der Waals surface area contributed by atoms with Crippen LogP contribution in [0.1, 0.15) is 33.3 Å². The highest BCUT2D eigenvalue weighted by Crippen LogP contribution is 2.25. The third kappa shape index (κ3) is 4.70. The van der Waals surface area contributed by atoms with Crippen molar-refractivity contribution in [2.45, 2.75) is 33.1 Å². The molecule has 1 heteroatoms. The minimum Gasteiger partial charge on any atom is -0.304 e. The van der Waals surface area contributed by atoms with Crippen molar-refractivity contribution in [2.75, 3.05) is 0 Å². The Hall–Kier alpha value is -1.89. The largest absolute Gasteiger partial charge is 0.304 e. The lowest BCUT2D eigenvalue weighted by atomic mass is 9.86. The SMILES string of the molecule is CC(C)(C)c1ccc(-c2ccccc2)cc1.CC=O. The van der Waals surface area contributed by atoms with Crippen LogP contribution >= 0.6 is 0 Å². The molecule has 0 heterocycles. The van der Waals surface area contributed by atoms with Crippen LogP contribution < -0.4 is 0 Å². The highest BCUT2D eigenvalue weighted by Gasteiger charge is 2.12. The molecule has 2 aromatic carbocycles. The van der Waals surface area contributed by atoms with Crippen LogP contribution in [0, 0.1) is 0 Å². The minimum atomic E-state index is 0.231. The van der Waals surface area contributed by atoms with Crippen LogP contribution in [-0.2, 0) is 10.2 Å². The van der Waals surface area contributed by atoms with Crippen molar-refractivity contribution in [3.05, 3.63) is 60.2 Å². The van der Waals surface area contributed by atoms with Crippen molar-refractivity contribution in [1.29, 1.82) is 0 Å². The third-order valence-electron chi connectivity index (χ3n) is 2.86. The molecule has 0 aliphatic rings. The van der Waals surface area contributed by atoms with Crippen LogP contribution in [0.5, 0.6) is 0 Å². The van der Waals surface area contributed by atoms with E-state index >= 15 is 0 Å². The summed E-state index contributed by atoms with van der Waals surface area (Å²) in [4.78, 5) is 8.81. The Labute approximate surface area is 116 Å². The predicted octanol–water partition coefficient (Wildman–Crippen LogP) is 4.86. The molecule has 0 aromatic heterocycles. The molecule has 0 saturated heterocycles. The van der Waals surface area contributed by atoms with Gasteiger partial charge < -0.3 is 4.79 Å². The van der Waals surface area contributed by atoms with E-state index in [1.54, 1.807) is 0 Å². The van der Waals surface area contributed by atoms with Gasteiger partial charge in [0.2, 0.25) is 0 Å². The van der Waals surface area contributed by atoms with E-state index in [4.69, 9.17) is 4.79 Å². The molecule has 0 N–H and O–H groups in total. The number of hydrogen-bond acceptors (Lipinski definition) is 1. The van der Waals surface area contributed by atoms with Crippen molar-refractivity contribution in [1.82, 2.24) is 0 Å². The molecule has 2 rings (SSSR count). The van der Waals surface area contributed by atoms with E-state index in [2.05, 4.69) is 69.3 Å². The molecule has 19 heavy (non-hydrogen) atoms. The number of rotatable bonds is 1. The Bertz CT molecular complexity index is 489. The maximum absolute atomic E-state index is 8.81. The van der Waals surface area contributed by atoms with Gasteiger partial charge in [0.25, 0.3) is 0 Å². The molecule has 0 spiro atoms. The van der Waals surface area contributed by atoms with Gasteiger partial charge in [-0.3, -0.25) is 0 Å². The Morgan fingerprint density at radius 1 is 0.789 bits per heavy atom. The van der Waals surface area contributed by atoms with E-state index in [0.29, 0.717) is 0 Å². The fourth-order valence-corrected chi connectivity index (χ4v) is 1.79. The van der Waals surface area contributed by atoms with Crippen LogP contribution in [0.25, 0.3) is 11.1 Å². The van der Waals surface area contributed by atoms with E-state index in [1.165, 1.54) is 23.6 Å². The molecule has 2 aromatic rings. The Morgan fingerprint density at radius 3 is 1.63 bits per heavy atom. The van der Waals surface area contributed by atoms with Crippen LogP contribution in [0.2, 0.25) is 0 Å². The zero-order valence-electron chi connectivity index (χ0n) is 12.2. The normalized spacial score (nSPS) is 10.3. The third-order valence-corrected chi connectivity index (χ3v) is 2.86. The average Bonchev–Trinajstić information content (AvgIpc) is 2.40. The van der Waals surface area contributed by atoms with Crippen LogP contribution in [0.15, 0.2) is 54.6 Å². The Morgan fingerprint density at radius 2 is 1.21 bits per heavy atom. The summed E-state index contributed by atoms with van der Waals surface area (Å²) in [5.74, 6) is 0. The fourth-order valence-electron chi connectivity index (χ4n) is 1.79. The molecule has 0 amide bonds. The summed E-state index contributed by atoms with van der Waals surface area (Å²) >= 11 is 0. The molecule has 1 nitrogen and oxygen atoms in total. The van der Waals surface area contributed by atoms with E-state index in [9.17, 15) is 0 Å².